The van der Waals surface area contributed by atoms with Crippen LogP contribution < -0.4 is 5.73 Å². The summed E-state index contributed by atoms with van der Waals surface area (Å²) in [6.45, 7) is 2.17. The molecule has 1 aromatic carbocycles. The van der Waals surface area contributed by atoms with Crippen LogP contribution in [0.3, 0.4) is 0 Å². The van der Waals surface area contributed by atoms with Crippen LogP contribution in [0.4, 0.5) is 4.39 Å². The van der Waals surface area contributed by atoms with E-state index in [0.29, 0.717) is 25.5 Å². The number of nitrogens with two attached hydrogens (primary N) is 1. The van der Waals surface area contributed by atoms with Gasteiger partial charge in [0.05, 0.1) is 24.7 Å². The van der Waals surface area contributed by atoms with Gasteiger partial charge in [-0.3, -0.25) is 0 Å². The van der Waals surface area contributed by atoms with E-state index >= 15 is 0 Å². The zero-order chi connectivity index (χ0) is 14.7. The van der Waals surface area contributed by atoms with Crippen LogP contribution in [0.25, 0.3) is 0 Å². The molecule has 2 unspecified atom stereocenters. The SMILES string of the molecule is NC(c1cncn1CCc1ccccc1F)C1CCOC1. The zero-order valence-electron chi connectivity index (χ0n) is 11.9. The van der Waals surface area contributed by atoms with Gasteiger partial charge in [0.15, 0.2) is 0 Å². The normalized spacial score (nSPS) is 19.8. The average Bonchev–Trinajstić information content (AvgIpc) is 3.17. The van der Waals surface area contributed by atoms with Crippen LogP contribution in [0.15, 0.2) is 36.8 Å². The third-order valence-electron chi connectivity index (χ3n) is 4.14. The molecule has 0 spiro atoms. The van der Waals surface area contributed by atoms with Crippen molar-refractivity contribution in [2.24, 2.45) is 11.7 Å². The van der Waals surface area contributed by atoms with Crippen LogP contribution in [-0.4, -0.2) is 22.8 Å². The number of hydrogen-bond donors (Lipinski definition) is 1. The van der Waals surface area contributed by atoms with Gasteiger partial charge >= 0.3 is 0 Å². The highest BCUT2D eigenvalue weighted by Crippen LogP contribution is 2.26. The Morgan fingerprint density at radius 2 is 2.29 bits per heavy atom. The van der Waals surface area contributed by atoms with E-state index in [1.807, 2.05) is 22.9 Å². The highest BCUT2D eigenvalue weighted by atomic mass is 19.1. The molecule has 3 rings (SSSR count). The van der Waals surface area contributed by atoms with Gasteiger partial charge in [-0.1, -0.05) is 18.2 Å². The molecule has 2 N–H and O–H groups in total. The van der Waals surface area contributed by atoms with E-state index in [9.17, 15) is 4.39 Å². The Morgan fingerprint density at radius 3 is 3.05 bits per heavy atom. The van der Waals surface area contributed by atoms with Gasteiger partial charge in [-0.15, -0.1) is 0 Å². The predicted molar refractivity (Wildman–Crippen MR) is 78.2 cm³/mol. The second-order valence-electron chi connectivity index (χ2n) is 5.50. The summed E-state index contributed by atoms with van der Waals surface area (Å²) in [5.74, 6) is 0.182. The number of imidazole rings is 1. The minimum atomic E-state index is -0.160. The summed E-state index contributed by atoms with van der Waals surface area (Å²) in [6, 6.07) is 6.80. The van der Waals surface area contributed by atoms with Crippen LogP contribution in [0, 0.1) is 11.7 Å². The van der Waals surface area contributed by atoms with E-state index in [1.165, 1.54) is 6.07 Å². The third-order valence-corrected chi connectivity index (χ3v) is 4.14. The van der Waals surface area contributed by atoms with Crippen molar-refractivity contribution >= 4 is 0 Å². The molecule has 2 atom stereocenters. The molecule has 1 fully saturated rings. The van der Waals surface area contributed by atoms with Gasteiger partial charge in [-0.2, -0.15) is 0 Å². The lowest BCUT2D eigenvalue weighted by molar-refractivity contribution is 0.180. The molecular weight excluding hydrogens is 269 g/mol. The number of rotatable bonds is 5. The molecule has 0 radical (unpaired) electrons. The Balaban J connectivity index is 1.69. The first-order valence-electron chi connectivity index (χ1n) is 7.32. The number of hydrogen-bond acceptors (Lipinski definition) is 3. The molecule has 112 valence electrons. The Hall–Kier alpha value is -1.72. The first-order chi connectivity index (χ1) is 10.3. The molecule has 1 aliphatic heterocycles. The summed E-state index contributed by atoms with van der Waals surface area (Å²) in [4.78, 5) is 4.20. The van der Waals surface area contributed by atoms with Crippen molar-refractivity contribution in [1.29, 1.82) is 0 Å². The Morgan fingerprint density at radius 1 is 1.43 bits per heavy atom. The van der Waals surface area contributed by atoms with Crippen molar-refractivity contribution in [3.8, 4) is 0 Å². The van der Waals surface area contributed by atoms with Gasteiger partial charge in [-0.25, -0.2) is 9.37 Å². The van der Waals surface area contributed by atoms with E-state index in [2.05, 4.69) is 4.98 Å². The van der Waals surface area contributed by atoms with E-state index in [-0.39, 0.29) is 11.9 Å². The number of benzene rings is 1. The van der Waals surface area contributed by atoms with E-state index in [4.69, 9.17) is 10.5 Å². The Labute approximate surface area is 123 Å². The maximum Gasteiger partial charge on any atom is 0.126 e. The predicted octanol–water partition coefficient (Wildman–Crippen LogP) is 2.30. The van der Waals surface area contributed by atoms with E-state index < -0.39 is 0 Å². The molecule has 2 aromatic rings. The fourth-order valence-electron chi connectivity index (χ4n) is 2.81. The van der Waals surface area contributed by atoms with Gasteiger partial charge < -0.3 is 15.0 Å². The lowest BCUT2D eigenvalue weighted by Gasteiger charge is -2.19. The van der Waals surface area contributed by atoms with Gasteiger partial charge in [0.1, 0.15) is 5.82 Å². The first kappa shape index (κ1) is 14.2. The summed E-state index contributed by atoms with van der Waals surface area (Å²) < 4.78 is 21.1. The quantitative estimate of drug-likeness (QED) is 0.919. The van der Waals surface area contributed by atoms with Crippen molar-refractivity contribution in [1.82, 2.24) is 9.55 Å². The number of aromatic nitrogens is 2. The van der Waals surface area contributed by atoms with Gasteiger partial charge in [0.2, 0.25) is 0 Å². The standard InChI is InChI=1S/C16H20FN3O/c17-14-4-2-1-3-12(14)5-7-20-11-19-9-15(20)16(18)13-6-8-21-10-13/h1-4,9,11,13,16H,5-8,10,18H2. The van der Waals surface area contributed by atoms with Gasteiger partial charge in [0.25, 0.3) is 0 Å². The molecule has 0 saturated carbocycles. The Bertz CT molecular complexity index is 593. The number of ether oxygens (including phenoxy) is 1. The second kappa shape index (κ2) is 6.37. The maximum absolute atomic E-state index is 13.7. The molecule has 1 aromatic heterocycles. The van der Waals surface area contributed by atoms with E-state index in [1.54, 1.807) is 12.4 Å². The molecule has 0 amide bonds. The molecule has 4 nitrogen and oxygen atoms in total. The summed E-state index contributed by atoms with van der Waals surface area (Å²) in [5.41, 5.74) is 8.05. The minimum Gasteiger partial charge on any atom is -0.381 e. The van der Waals surface area contributed by atoms with Crippen LogP contribution in [0.1, 0.15) is 23.7 Å². The molecule has 5 heteroatoms. The van der Waals surface area contributed by atoms with Gasteiger partial charge in [-0.05, 0) is 24.5 Å². The zero-order valence-corrected chi connectivity index (χ0v) is 11.9. The molecule has 0 aliphatic carbocycles. The summed E-state index contributed by atoms with van der Waals surface area (Å²) in [5, 5.41) is 0. The lowest BCUT2D eigenvalue weighted by Crippen LogP contribution is -2.24. The summed E-state index contributed by atoms with van der Waals surface area (Å²) >= 11 is 0. The van der Waals surface area contributed by atoms with Crippen LogP contribution in [0.2, 0.25) is 0 Å². The highest BCUT2D eigenvalue weighted by Gasteiger charge is 2.26. The van der Waals surface area contributed by atoms with Crippen molar-refractivity contribution in [2.75, 3.05) is 13.2 Å². The Kier molecular flexibility index (Phi) is 4.31. The maximum atomic E-state index is 13.7. The average molecular weight is 289 g/mol. The fraction of sp³-hybridized carbons (Fsp3) is 0.438. The van der Waals surface area contributed by atoms with Gasteiger partial charge in [0, 0.05) is 25.3 Å². The van der Waals surface area contributed by atoms with Crippen LogP contribution in [0.5, 0.6) is 0 Å². The third kappa shape index (κ3) is 3.14. The topological polar surface area (TPSA) is 53.1 Å². The summed E-state index contributed by atoms with van der Waals surface area (Å²) in [7, 11) is 0. The number of aryl methyl sites for hydroxylation is 2. The molecule has 1 saturated heterocycles. The number of halogens is 1. The molecule has 2 heterocycles. The second-order valence-corrected chi connectivity index (χ2v) is 5.50. The fourth-order valence-corrected chi connectivity index (χ4v) is 2.81. The smallest absolute Gasteiger partial charge is 0.126 e. The van der Waals surface area contributed by atoms with Crippen molar-refractivity contribution in [3.63, 3.8) is 0 Å². The minimum absolute atomic E-state index is 0.0735. The summed E-state index contributed by atoms with van der Waals surface area (Å²) in [6.07, 6.45) is 5.19. The van der Waals surface area contributed by atoms with Crippen molar-refractivity contribution in [3.05, 3.63) is 53.9 Å². The molecule has 1 aliphatic rings. The molecule has 21 heavy (non-hydrogen) atoms. The molecule has 0 bridgehead atoms. The monoisotopic (exact) mass is 289 g/mol. The lowest BCUT2D eigenvalue weighted by atomic mass is 9.97. The number of nitrogens with zero attached hydrogens (tertiary/aromatic N) is 2. The first-order valence-corrected chi connectivity index (χ1v) is 7.32. The van der Waals surface area contributed by atoms with Crippen LogP contribution >= 0.6 is 0 Å². The van der Waals surface area contributed by atoms with Crippen molar-refractivity contribution < 1.29 is 9.13 Å². The van der Waals surface area contributed by atoms with E-state index in [0.717, 1.165) is 24.3 Å². The van der Waals surface area contributed by atoms with Crippen LogP contribution in [-0.2, 0) is 17.7 Å². The van der Waals surface area contributed by atoms with Crippen molar-refractivity contribution in [2.45, 2.75) is 25.4 Å². The largest absolute Gasteiger partial charge is 0.381 e. The molecular formula is C16H20FN3O. The highest BCUT2D eigenvalue weighted by molar-refractivity contribution is 5.17.